The molecule has 0 aliphatic rings. The molecule has 0 aliphatic heterocycles. The van der Waals surface area contributed by atoms with E-state index in [2.05, 4.69) is 27.1 Å². The summed E-state index contributed by atoms with van der Waals surface area (Å²) in [5.41, 5.74) is 7.09. The number of nitrogens with two attached hydrogens (primary N) is 1. The quantitative estimate of drug-likeness (QED) is 0.449. The molecule has 1 aromatic heterocycles. The Morgan fingerprint density at radius 1 is 1.23 bits per heavy atom. The average Bonchev–Trinajstić information content (AvgIpc) is 2.51. The van der Waals surface area contributed by atoms with Crippen molar-refractivity contribution in [3.63, 3.8) is 0 Å². The van der Waals surface area contributed by atoms with Crippen molar-refractivity contribution < 1.29 is 0 Å². The summed E-state index contributed by atoms with van der Waals surface area (Å²) in [6.07, 6.45) is 4.54. The molecule has 0 radical (unpaired) electrons. The molecule has 122 valence electrons. The summed E-state index contributed by atoms with van der Waals surface area (Å²) >= 11 is 0. The van der Waals surface area contributed by atoms with Gasteiger partial charge in [-0.05, 0) is 24.9 Å². The fraction of sp³-hybridized carbons (Fsp3) is 0.667. The first-order valence-corrected chi connectivity index (χ1v) is 7.79. The summed E-state index contributed by atoms with van der Waals surface area (Å²) in [5, 5.41) is 2.98. The van der Waals surface area contributed by atoms with Crippen molar-refractivity contribution in [1.29, 1.82) is 0 Å². The van der Waals surface area contributed by atoms with Crippen LogP contribution in [0.2, 0.25) is 0 Å². The Morgan fingerprint density at radius 2 is 1.91 bits per heavy atom. The lowest BCUT2D eigenvalue weighted by molar-refractivity contribution is 0.749. The summed E-state index contributed by atoms with van der Waals surface area (Å²) < 4.78 is 0. The molecule has 1 heterocycles. The lowest BCUT2D eigenvalue weighted by atomic mass is 10.2. The van der Waals surface area contributed by atoms with Gasteiger partial charge in [-0.15, -0.1) is 4.91 Å². The molecule has 1 rings (SSSR count). The highest BCUT2D eigenvalue weighted by Gasteiger charge is 2.13. The van der Waals surface area contributed by atoms with Crippen LogP contribution in [0.3, 0.4) is 0 Å². The van der Waals surface area contributed by atoms with Crippen LogP contribution >= 0.6 is 0 Å². The van der Waals surface area contributed by atoms with Crippen LogP contribution in [-0.4, -0.2) is 29.4 Å². The molecule has 0 saturated carbocycles. The molecule has 0 aliphatic carbocycles. The first kappa shape index (κ1) is 18.0. The smallest absolute Gasteiger partial charge is 0.227 e. The third-order valence-corrected chi connectivity index (χ3v) is 3.36. The summed E-state index contributed by atoms with van der Waals surface area (Å²) in [5.74, 6) is 1.10. The van der Waals surface area contributed by atoms with Gasteiger partial charge >= 0.3 is 0 Å². The van der Waals surface area contributed by atoms with Gasteiger partial charge in [-0.3, -0.25) is 0 Å². The van der Waals surface area contributed by atoms with Gasteiger partial charge in [0.1, 0.15) is 5.69 Å². The number of nitrogen functional groups attached to an aromatic ring is 1. The Kier molecular flexibility index (Phi) is 7.42. The highest BCUT2D eigenvalue weighted by atomic mass is 16.3. The maximum Gasteiger partial charge on any atom is 0.227 e. The molecule has 0 bridgehead atoms. The van der Waals surface area contributed by atoms with Crippen molar-refractivity contribution in [1.82, 2.24) is 9.97 Å². The lowest BCUT2D eigenvalue weighted by Gasteiger charge is -2.18. The maximum absolute atomic E-state index is 10.9. The van der Waals surface area contributed by atoms with Crippen LogP contribution in [0.25, 0.3) is 0 Å². The molecule has 0 fully saturated rings. The van der Waals surface area contributed by atoms with Crippen LogP contribution < -0.4 is 10.6 Å². The molecule has 0 saturated heterocycles. The van der Waals surface area contributed by atoms with E-state index < -0.39 is 0 Å². The first-order valence-electron chi connectivity index (χ1n) is 7.79. The molecule has 1 aromatic rings. The summed E-state index contributed by atoms with van der Waals surface area (Å²) in [6.45, 7) is 6.87. The highest BCUT2D eigenvalue weighted by molar-refractivity contribution is 5.87. The molecule has 0 aromatic carbocycles. The summed E-state index contributed by atoms with van der Waals surface area (Å²) in [7, 11) is 1.94. The van der Waals surface area contributed by atoms with E-state index in [-0.39, 0.29) is 11.7 Å². The van der Waals surface area contributed by atoms with E-state index in [0.29, 0.717) is 23.8 Å². The molecule has 0 atom stereocenters. The number of aliphatic imine (C=N–C) groups is 1. The van der Waals surface area contributed by atoms with Crippen LogP contribution in [0.4, 0.5) is 17.5 Å². The number of aryl methyl sites for hydroxylation is 1. The van der Waals surface area contributed by atoms with Gasteiger partial charge in [0, 0.05) is 20.0 Å². The molecule has 7 heteroatoms. The van der Waals surface area contributed by atoms with E-state index in [1.165, 1.54) is 0 Å². The van der Waals surface area contributed by atoms with Crippen LogP contribution in [0.15, 0.2) is 10.2 Å². The maximum atomic E-state index is 10.9. The van der Waals surface area contributed by atoms with Gasteiger partial charge in [0.05, 0.1) is 5.69 Å². The fourth-order valence-corrected chi connectivity index (χ4v) is 1.96. The van der Waals surface area contributed by atoms with Crippen LogP contribution in [-0.2, 0) is 0 Å². The van der Waals surface area contributed by atoms with Crippen molar-refractivity contribution in [3.05, 3.63) is 10.6 Å². The van der Waals surface area contributed by atoms with Gasteiger partial charge in [0.25, 0.3) is 0 Å². The number of hydrogen-bond donors (Lipinski definition) is 1. The molecule has 0 unspecified atom stereocenters. The van der Waals surface area contributed by atoms with E-state index >= 15 is 0 Å². The number of hydrogen-bond acceptors (Lipinski definition) is 6. The van der Waals surface area contributed by atoms with Crippen molar-refractivity contribution in [3.8, 4) is 0 Å². The number of anilines is 2. The zero-order valence-corrected chi connectivity index (χ0v) is 14.0. The minimum atomic E-state index is 0.243. The minimum absolute atomic E-state index is 0.243. The van der Waals surface area contributed by atoms with Crippen molar-refractivity contribution in [2.75, 3.05) is 24.2 Å². The SMILES string of the molecule is CCCC/C(N=O)=N\c1c(C)nc(N(C)CCCC)nc1N. The van der Waals surface area contributed by atoms with E-state index in [1.54, 1.807) is 0 Å². The largest absolute Gasteiger partial charge is 0.382 e. The van der Waals surface area contributed by atoms with Gasteiger partial charge in [0.2, 0.25) is 5.95 Å². The van der Waals surface area contributed by atoms with Gasteiger partial charge in [-0.25, -0.2) is 9.98 Å². The van der Waals surface area contributed by atoms with Crippen molar-refractivity contribution in [2.45, 2.75) is 52.9 Å². The summed E-state index contributed by atoms with van der Waals surface area (Å²) in [6, 6.07) is 0. The van der Waals surface area contributed by atoms with E-state index in [4.69, 9.17) is 5.73 Å². The molecular weight excluding hydrogens is 280 g/mol. The van der Waals surface area contributed by atoms with Crippen LogP contribution in [0.5, 0.6) is 0 Å². The number of nitroso groups, excluding NO2 is 1. The molecule has 7 nitrogen and oxygen atoms in total. The highest BCUT2D eigenvalue weighted by Crippen LogP contribution is 2.26. The molecule has 0 amide bonds. The second kappa shape index (κ2) is 9.07. The number of nitrogens with zero attached hydrogens (tertiary/aromatic N) is 5. The van der Waals surface area contributed by atoms with E-state index in [0.717, 1.165) is 32.2 Å². The van der Waals surface area contributed by atoms with Gasteiger partial charge < -0.3 is 10.6 Å². The fourth-order valence-electron chi connectivity index (χ4n) is 1.96. The number of unbranched alkanes of at least 4 members (excludes halogenated alkanes) is 2. The monoisotopic (exact) mass is 306 g/mol. The van der Waals surface area contributed by atoms with Crippen molar-refractivity contribution >= 4 is 23.3 Å². The van der Waals surface area contributed by atoms with Crippen molar-refractivity contribution in [2.24, 2.45) is 10.2 Å². The predicted octanol–water partition coefficient (Wildman–Crippen LogP) is 3.59. The number of rotatable bonds is 8. The Balaban J connectivity index is 3.03. The minimum Gasteiger partial charge on any atom is -0.382 e. The zero-order chi connectivity index (χ0) is 16.5. The Hall–Kier alpha value is -2.05. The number of amidine groups is 1. The zero-order valence-electron chi connectivity index (χ0n) is 14.0. The Morgan fingerprint density at radius 3 is 2.45 bits per heavy atom. The second-order valence-electron chi connectivity index (χ2n) is 5.34. The normalized spacial score (nSPS) is 11.5. The molecular formula is C15H26N6O. The number of aromatic nitrogens is 2. The summed E-state index contributed by atoms with van der Waals surface area (Å²) in [4.78, 5) is 25.8. The predicted molar refractivity (Wildman–Crippen MR) is 91.8 cm³/mol. The average molecular weight is 306 g/mol. The van der Waals surface area contributed by atoms with E-state index in [9.17, 15) is 4.91 Å². The lowest BCUT2D eigenvalue weighted by Crippen LogP contribution is -2.21. The third-order valence-electron chi connectivity index (χ3n) is 3.36. The Labute approximate surface area is 132 Å². The molecule has 0 spiro atoms. The Bertz CT molecular complexity index is 506. The standard InChI is InChI=1S/C15H26N6O/c1-5-7-9-12(20-22)18-13-11(3)17-15(19-14(13)16)21(4)10-8-6-2/h5-10H2,1-4H3,(H2,16,17,19)/b18-12+. The van der Waals surface area contributed by atoms with Crippen LogP contribution in [0, 0.1) is 11.8 Å². The van der Waals surface area contributed by atoms with Gasteiger partial charge in [0.15, 0.2) is 11.7 Å². The van der Waals surface area contributed by atoms with Gasteiger partial charge in [-0.2, -0.15) is 4.98 Å². The van der Waals surface area contributed by atoms with Gasteiger partial charge in [-0.1, -0.05) is 26.7 Å². The second-order valence-corrected chi connectivity index (χ2v) is 5.34. The van der Waals surface area contributed by atoms with E-state index in [1.807, 2.05) is 25.8 Å². The third kappa shape index (κ3) is 5.05. The molecule has 22 heavy (non-hydrogen) atoms. The molecule has 2 N–H and O–H groups in total. The first-order chi connectivity index (χ1) is 10.5. The van der Waals surface area contributed by atoms with Crippen LogP contribution in [0.1, 0.15) is 51.6 Å². The topological polar surface area (TPSA) is 96.8 Å².